The minimum atomic E-state index is 0.267. The lowest BCUT2D eigenvalue weighted by molar-refractivity contribution is 0.506. The molecule has 0 aliphatic carbocycles. The minimum Gasteiger partial charge on any atom is -0.0985 e. The van der Waals surface area contributed by atoms with E-state index in [4.69, 9.17) is 0 Å². The molecule has 0 saturated carbocycles. The van der Waals surface area contributed by atoms with Crippen LogP contribution >= 0.6 is 0 Å². The average Bonchev–Trinajstić information content (AvgIpc) is 2.31. The smallest absolute Gasteiger partial charge is 0.0106 e. The summed E-state index contributed by atoms with van der Waals surface area (Å²) in [5.41, 5.74) is 4.11. The van der Waals surface area contributed by atoms with E-state index in [-0.39, 0.29) is 5.41 Å². The van der Waals surface area contributed by atoms with Gasteiger partial charge in [-0.05, 0) is 35.5 Å². The van der Waals surface area contributed by atoms with E-state index in [0.717, 1.165) is 6.42 Å². The van der Waals surface area contributed by atoms with Gasteiger partial charge in [-0.25, -0.2) is 0 Å². The van der Waals surface area contributed by atoms with Crippen molar-refractivity contribution in [3.63, 3.8) is 0 Å². The normalized spacial score (nSPS) is 12.6. The van der Waals surface area contributed by atoms with Crippen molar-refractivity contribution < 1.29 is 0 Å². The van der Waals surface area contributed by atoms with E-state index < -0.39 is 0 Å². The van der Waals surface area contributed by atoms with Crippen LogP contribution in [0.4, 0.5) is 0 Å². The summed E-state index contributed by atoms with van der Waals surface area (Å²) in [5.74, 6) is 0. The van der Waals surface area contributed by atoms with Gasteiger partial charge in [-0.2, -0.15) is 0 Å². The van der Waals surface area contributed by atoms with Gasteiger partial charge < -0.3 is 0 Å². The fourth-order valence-corrected chi connectivity index (χ4v) is 1.72. The second kappa shape index (κ2) is 5.16. The lowest BCUT2D eigenvalue weighted by atomic mass is 9.82. The summed E-state index contributed by atoms with van der Waals surface area (Å²) in [7, 11) is 0. The number of hydrogen-bond donors (Lipinski definition) is 0. The van der Waals surface area contributed by atoms with Crippen LogP contribution in [-0.4, -0.2) is 0 Å². The van der Waals surface area contributed by atoms with E-state index in [9.17, 15) is 0 Å². The Kier molecular flexibility index (Phi) is 4.12. The van der Waals surface area contributed by atoms with Crippen molar-refractivity contribution in [3.05, 3.63) is 54.1 Å². The second-order valence-corrected chi connectivity index (χ2v) is 4.76. The van der Waals surface area contributed by atoms with Gasteiger partial charge in [0.25, 0.3) is 0 Å². The maximum atomic E-state index is 3.83. The Morgan fingerprint density at radius 2 is 1.81 bits per heavy atom. The van der Waals surface area contributed by atoms with Crippen LogP contribution in [0.25, 0.3) is 5.57 Å². The zero-order valence-corrected chi connectivity index (χ0v) is 10.9. The van der Waals surface area contributed by atoms with E-state index in [1.54, 1.807) is 0 Å². The number of hydrogen-bond acceptors (Lipinski definition) is 0. The van der Waals surface area contributed by atoms with Gasteiger partial charge in [-0.1, -0.05) is 63.8 Å². The molecule has 0 nitrogen and oxygen atoms in total. The second-order valence-electron chi connectivity index (χ2n) is 4.76. The molecule has 0 saturated heterocycles. The van der Waals surface area contributed by atoms with Gasteiger partial charge >= 0.3 is 0 Å². The van der Waals surface area contributed by atoms with Crippen molar-refractivity contribution >= 4 is 5.57 Å². The molecule has 1 rings (SSSR count). The largest absolute Gasteiger partial charge is 0.0985 e. The first-order chi connectivity index (χ1) is 7.55. The Balaban J connectivity index is 3.04. The molecule has 0 N–H and O–H groups in total. The maximum Gasteiger partial charge on any atom is -0.0106 e. The van der Waals surface area contributed by atoms with E-state index in [2.05, 4.69) is 57.7 Å². The van der Waals surface area contributed by atoms with Gasteiger partial charge in [0.1, 0.15) is 0 Å². The SMILES string of the molecule is C=C/C(=C\C)c1ccc(C(C)(C)CC)cc1. The van der Waals surface area contributed by atoms with Crippen molar-refractivity contribution in [3.8, 4) is 0 Å². The van der Waals surface area contributed by atoms with Gasteiger partial charge in [0.2, 0.25) is 0 Å². The van der Waals surface area contributed by atoms with E-state index in [1.165, 1.54) is 16.7 Å². The van der Waals surface area contributed by atoms with Gasteiger partial charge in [0.05, 0.1) is 0 Å². The fraction of sp³-hybridized carbons (Fsp3) is 0.375. The van der Waals surface area contributed by atoms with Crippen LogP contribution in [0.2, 0.25) is 0 Å². The molecule has 0 heteroatoms. The zero-order chi connectivity index (χ0) is 12.2. The molecular formula is C16H22. The van der Waals surface area contributed by atoms with E-state index >= 15 is 0 Å². The highest BCUT2D eigenvalue weighted by molar-refractivity contribution is 5.73. The molecule has 0 bridgehead atoms. The summed E-state index contributed by atoms with van der Waals surface area (Å²) in [6.07, 6.45) is 5.15. The van der Waals surface area contributed by atoms with Crippen molar-refractivity contribution in [1.82, 2.24) is 0 Å². The fourth-order valence-electron chi connectivity index (χ4n) is 1.72. The minimum absolute atomic E-state index is 0.267. The molecule has 0 heterocycles. The molecular weight excluding hydrogens is 192 g/mol. The first-order valence-electron chi connectivity index (χ1n) is 5.94. The molecule has 0 fully saturated rings. The van der Waals surface area contributed by atoms with Crippen molar-refractivity contribution in [2.24, 2.45) is 0 Å². The third kappa shape index (κ3) is 2.63. The Morgan fingerprint density at radius 3 is 2.19 bits per heavy atom. The third-order valence-electron chi connectivity index (χ3n) is 3.41. The van der Waals surface area contributed by atoms with Crippen LogP contribution in [0.5, 0.6) is 0 Å². The number of rotatable bonds is 4. The zero-order valence-electron chi connectivity index (χ0n) is 10.9. The topological polar surface area (TPSA) is 0 Å². The molecule has 0 radical (unpaired) electrons. The molecule has 1 aromatic rings. The Morgan fingerprint density at radius 1 is 1.25 bits per heavy atom. The highest BCUT2D eigenvalue weighted by Crippen LogP contribution is 2.27. The standard InChI is InChI=1S/C16H22/c1-6-13(7-2)14-9-11-15(12-10-14)16(4,5)8-3/h6-7,9-12H,1,8H2,2-5H3/b13-7+. The summed E-state index contributed by atoms with van der Waals surface area (Å²) in [4.78, 5) is 0. The molecule has 0 aliphatic heterocycles. The van der Waals surface area contributed by atoms with E-state index in [1.807, 2.05) is 13.0 Å². The number of benzene rings is 1. The lowest BCUT2D eigenvalue weighted by Crippen LogP contribution is -2.15. The molecule has 0 amide bonds. The summed E-state index contributed by atoms with van der Waals surface area (Å²) in [5, 5.41) is 0. The predicted octanol–water partition coefficient (Wildman–Crippen LogP) is 4.96. The molecule has 0 aliphatic rings. The molecule has 0 spiro atoms. The maximum absolute atomic E-state index is 3.83. The van der Waals surface area contributed by atoms with Crippen molar-refractivity contribution in [1.29, 1.82) is 0 Å². The van der Waals surface area contributed by atoms with Crippen LogP contribution in [-0.2, 0) is 5.41 Å². The Bertz CT molecular complexity index is 377. The third-order valence-corrected chi connectivity index (χ3v) is 3.41. The van der Waals surface area contributed by atoms with Gasteiger partial charge in [-0.3, -0.25) is 0 Å². The highest BCUT2D eigenvalue weighted by atomic mass is 14.2. The predicted molar refractivity (Wildman–Crippen MR) is 73.6 cm³/mol. The highest BCUT2D eigenvalue weighted by Gasteiger charge is 2.17. The first-order valence-corrected chi connectivity index (χ1v) is 5.94. The number of allylic oxidation sites excluding steroid dienone is 3. The molecule has 86 valence electrons. The summed E-state index contributed by atoms with van der Waals surface area (Å²) in [6, 6.07) is 8.82. The van der Waals surface area contributed by atoms with Crippen molar-refractivity contribution in [2.45, 2.75) is 39.5 Å². The summed E-state index contributed by atoms with van der Waals surface area (Å²) < 4.78 is 0. The molecule has 1 aromatic carbocycles. The molecule has 16 heavy (non-hydrogen) atoms. The molecule has 0 aromatic heterocycles. The quantitative estimate of drug-likeness (QED) is 0.621. The van der Waals surface area contributed by atoms with Gasteiger partial charge in [-0.15, -0.1) is 0 Å². The van der Waals surface area contributed by atoms with E-state index in [0.29, 0.717) is 0 Å². The van der Waals surface area contributed by atoms with Crippen molar-refractivity contribution in [2.75, 3.05) is 0 Å². The average molecular weight is 214 g/mol. The lowest BCUT2D eigenvalue weighted by Gasteiger charge is -2.23. The molecule has 0 unspecified atom stereocenters. The Labute approximate surface area is 99.7 Å². The molecule has 0 atom stereocenters. The van der Waals surface area contributed by atoms with Crippen LogP contribution in [0.15, 0.2) is 43.0 Å². The van der Waals surface area contributed by atoms with Crippen LogP contribution in [0, 0.1) is 0 Å². The van der Waals surface area contributed by atoms with Crippen LogP contribution < -0.4 is 0 Å². The van der Waals surface area contributed by atoms with Crippen LogP contribution in [0.3, 0.4) is 0 Å². The van der Waals surface area contributed by atoms with Crippen LogP contribution in [0.1, 0.15) is 45.2 Å². The monoisotopic (exact) mass is 214 g/mol. The summed E-state index contributed by atoms with van der Waals surface area (Å²) >= 11 is 0. The first kappa shape index (κ1) is 12.8. The van der Waals surface area contributed by atoms with Gasteiger partial charge in [0.15, 0.2) is 0 Å². The Hall–Kier alpha value is -1.30. The van der Waals surface area contributed by atoms with Gasteiger partial charge in [0, 0.05) is 0 Å². The summed E-state index contributed by atoms with van der Waals surface area (Å²) in [6.45, 7) is 12.7.